The first-order chi connectivity index (χ1) is 15.0. The average molecular weight is 447 g/mol. The molecule has 1 aromatic carbocycles. The highest BCUT2D eigenvalue weighted by molar-refractivity contribution is 6.30. The predicted octanol–water partition coefficient (Wildman–Crippen LogP) is 2.31. The number of fused-ring (bicyclic) bond motifs is 1. The molecule has 0 radical (unpaired) electrons. The molecular weight excluding hydrogens is 419 g/mol. The number of likely N-dealkylation sites (tertiary alicyclic amines) is 1. The van der Waals surface area contributed by atoms with E-state index in [2.05, 4.69) is 32.0 Å². The molecule has 7 nitrogen and oxygen atoms in total. The SMILES string of the molecule is N#C[C@H]1C[C@@H](N2CCC2)CC[C@@H]1N1NC(Nc2ccc(Cl)c(F)c2)C2C(=O)NCCC21. The fourth-order valence-corrected chi connectivity index (χ4v) is 5.83. The predicted molar refractivity (Wildman–Crippen MR) is 115 cm³/mol. The van der Waals surface area contributed by atoms with Gasteiger partial charge in [0.1, 0.15) is 12.0 Å². The van der Waals surface area contributed by atoms with E-state index in [1.54, 1.807) is 6.07 Å². The number of halogens is 2. The second kappa shape index (κ2) is 8.55. The van der Waals surface area contributed by atoms with Gasteiger partial charge in [-0.05, 0) is 63.4 Å². The Kier molecular flexibility index (Phi) is 5.78. The summed E-state index contributed by atoms with van der Waals surface area (Å²) in [6, 6.07) is 7.68. The Morgan fingerprint density at radius 1 is 1.23 bits per heavy atom. The lowest BCUT2D eigenvalue weighted by Gasteiger charge is -2.46. The summed E-state index contributed by atoms with van der Waals surface area (Å²) >= 11 is 5.81. The number of hydrazine groups is 1. The van der Waals surface area contributed by atoms with Crippen molar-refractivity contribution in [3.05, 3.63) is 29.0 Å². The van der Waals surface area contributed by atoms with Crippen molar-refractivity contribution in [3.63, 3.8) is 0 Å². The van der Waals surface area contributed by atoms with E-state index >= 15 is 0 Å². The highest BCUT2D eigenvalue weighted by Gasteiger charge is 2.52. The first-order valence-electron chi connectivity index (χ1n) is 11.2. The van der Waals surface area contributed by atoms with Crippen molar-refractivity contribution >= 4 is 23.2 Å². The van der Waals surface area contributed by atoms with Gasteiger partial charge in [0.05, 0.1) is 22.9 Å². The van der Waals surface area contributed by atoms with Crippen molar-refractivity contribution in [2.45, 2.75) is 56.4 Å². The molecule has 31 heavy (non-hydrogen) atoms. The standard InChI is InChI=1S/C22H28ClFN6O/c23-16-4-2-14(11-17(16)24)27-21-20-19(6-7-26-22(20)31)30(28-21)18-5-3-15(10-13(18)12-25)29-8-1-9-29/h2,4,11,13,15,18-21,27-28H,1,3,5-10H2,(H,26,31)/t13-,15+,18+,19?,20?,21?/m1/s1. The van der Waals surface area contributed by atoms with Crippen LogP contribution in [0.15, 0.2) is 18.2 Å². The van der Waals surface area contributed by atoms with Gasteiger partial charge in [0, 0.05) is 30.4 Å². The summed E-state index contributed by atoms with van der Waals surface area (Å²) in [5.41, 5.74) is 4.06. The Hall–Kier alpha value is -1.92. The highest BCUT2D eigenvalue weighted by atomic mass is 35.5. The van der Waals surface area contributed by atoms with Gasteiger partial charge in [-0.2, -0.15) is 5.26 Å². The summed E-state index contributed by atoms with van der Waals surface area (Å²) in [5.74, 6) is -0.912. The van der Waals surface area contributed by atoms with Crippen LogP contribution in [0.4, 0.5) is 10.1 Å². The minimum absolute atomic E-state index is 0.00445. The van der Waals surface area contributed by atoms with Crippen LogP contribution >= 0.6 is 11.6 Å². The van der Waals surface area contributed by atoms with Crippen molar-refractivity contribution in [2.75, 3.05) is 25.0 Å². The second-order valence-corrected chi connectivity index (χ2v) is 9.53. The van der Waals surface area contributed by atoms with E-state index in [1.165, 1.54) is 18.6 Å². The molecule has 0 spiro atoms. The molecule has 3 unspecified atom stereocenters. The third-order valence-electron chi connectivity index (χ3n) is 7.42. The normalized spacial score (nSPS) is 36.2. The maximum Gasteiger partial charge on any atom is 0.228 e. The van der Waals surface area contributed by atoms with Crippen LogP contribution in [-0.4, -0.2) is 59.7 Å². The molecule has 4 fully saturated rings. The van der Waals surface area contributed by atoms with Crippen molar-refractivity contribution < 1.29 is 9.18 Å². The molecule has 5 rings (SSSR count). The topological polar surface area (TPSA) is 83.4 Å². The Labute approximate surface area is 186 Å². The average Bonchev–Trinajstić information content (AvgIpc) is 3.09. The molecule has 1 amide bonds. The third kappa shape index (κ3) is 3.89. The summed E-state index contributed by atoms with van der Waals surface area (Å²) in [6.07, 6.45) is 4.58. The van der Waals surface area contributed by atoms with E-state index in [9.17, 15) is 14.4 Å². The number of rotatable bonds is 4. The number of benzene rings is 1. The monoisotopic (exact) mass is 446 g/mol. The zero-order valence-corrected chi connectivity index (χ0v) is 18.1. The molecule has 1 saturated carbocycles. The minimum atomic E-state index is -0.500. The Morgan fingerprint density at radius 2 is 2.06 bits per heavy atom. The van der Waals surface area contributed by atoms with Crippen molar-refractivity contribution in [1.82, 2.24) is 20.7 Å². The van der Waals surface area contributed by atoms with Gasteiger partial charge in [-0.25, -0.2) is 14.8 Å². The summed E-state index contributed by atoms with van der Waals surface area (Å²) in [5, 5.41) is 18.4. The quantitative estimate of drug-likeness (QED) is 0.658. The van der Waals surface area contributed by atoms with Crippen LogP contribution < -0.4 is 16.1 Å². The first kappa shape index (κ1) is 21.0. The number of carbonyl (C=O) groups is 1. The maximum atomic E-state index is 13.9. The Bertz CT molecular complexity index is 889. The lowest BCUT2D eigenvalue weighted by Crippen LogP contribution is -2.57. The number of carbonyl (C=O) groups excluding carboxylic acids is 1. The van der Waals surface area contributed by atoms with Gasteiger partial charge in [0.25, 0.3) is 0 Å². The van der Waals surface area contributed by atoms with E-state index in [4.69, 9.17) is 11.6 Å². The van der Waals surface area contributed by atoms with Crippen molar-refractivity contribution in [3.8, 4) is 6.07 Å². The summed E-state index contributed by atoms with van der Waals surface area (Å²) in [6.45, 7) is 2.91. The van der Waals surface area contributed by atoms with Gasteiger partial charge >= 0.3 is 0 Å². The molecule has 3 saturated heterocycles. The fourth-order valence-electron chi connectivity index (χ4n) is 5.71. The zero-order chi connectivity index (χ0) is 21.5. The first-order valence-corrected chi connectivity index (χ1v) is 11.6. The molecule has 3 aliphatic heterocycles. The summed E-state index contributed by atoms with van der Waals surface area (Å²) < 4.78 is 13.9. The molecule has 4 aliphatic rings. The van der Waals surface area contributed by atoms with Gasteiger partial charge < -0.3 is 15.5 Å². The second-order valence-electron chi connectivity index (χ2n) is 9.12. The molecular formula is C22H28ClFN6O. The lowest BCUT2D eigenvalue weighted by atomic mass is 9.79. The van der Waals surface area contributed by atoms with Crippen molar-refractivity contribution in [1.29, 1.82) is 5.26 Å². The lowest BCUT2D eigenvalue weighted by molar-refractivity contribution is -0.128. The molecule has 6 atom stereocenters. The summed E-state index contributed by atoms with van der Waals surface area (Å²) in [4.78, 5) is 15.3. The zero-order valence-electron chi connectivity index (χ0n) is 17.4. The highest BCUT2D eigenvalue weighted by Crippen LogP contribution is 2.38. The van der Waals surface area contributed by atoms with Crippen LogP contribution in [-0.2, 0) is 4.79 Å². The number of hydrogen-bond donors (Lipinski definition) is 3. The van der Waals surface area contributed by atoms with Crippen LogP contribution in [0.1, 0.15) is 32.1 Å². The maximum absolute atomic E-state index is 13.9. The number of nitriles is 1. The fraction of sp³-hybridized carbons (Fsp3) is 0.636. The molecule has 3 heterocycles. The number of hydrogen-bond acceptors (Lipinski definition) is 6. The van der Waals surface area contributed by atoms with Gasteiger partial charge in [-0.3, -0.25) is 4.79 Å². The number of amides is 1. The molecule has 1 aliphatic carbocycles. The van der Waals surface area contributed by atoms with Gasteiger partial charge in [-0.1, -0.05) is 11.6 Å². The number of nitrogens with zero attached hydrogens (tertiary/aromatic N) is 3. The summed E-state index contributed by atoms with van der Waals surface area (Å²) in [7, 11) is 0. The molecule has 1 aromatic rings. The molecule has 0 aromatic heterocycles. The van der Waals surface area contributed by atoms with E-state index in [1.807, 2.05) is 0 Å². The largest absolute Gasteiger partial charge is 0.368 e. The van der Waals surface area contributed by atoms with Gasteiger partial charge in [-0.15, -0.1) is 0 Å². The van der Waals surface area contributed by atoms with Crippen LogP contribution in [0.25, 0.3) is 0 Å². The molecule has 0 bridgehead atoms. The van der Waals surface area contributed by atoms with E-state index in [0.29, 0.717) is 18.3 Å². The van der Waals surface area contributed by atoms with E-state index in [-0.39, 0.29) is 41.0 Å². The van der Waals surface area contributed by atoms with Crippen LogP contribution in [0, 0.1) is 29.0 Å². The third-order valence-corrected chi connectivity index (χ3v) is 7.73. The Morgan fingerprint density at radius 3 is 2.77 bits per heavy atom. The van der Waals surface area contributed by atoms with Crippen LogP contribution in [0.2, 0.25) is 5.02 Å². The smallest absolute Gasteiger partial charge is 0.228 e. The van der Waals surface area contributed by atoms with Crippen molar-refractivity contribution in [2.24, 2.45) is 11.8 Å². The minimum Gasteiger partial charge on any atom is -0.368 e. The van der Waals surface area contributed by atoms with E-state index < -0.39 is 5.82 Å². The van der Waals surface area contributed by atoms with Gasteiger partial charge in [0.15, 0.2) is 0 Å². The van der Waals surface area contributed by atoms with Crippen LogP contribution in [0.5, 0.6) is 0 Å². The number of anilines is 1. The molecule has 9 heteroatoms. The van der Waals surface area contributed by atoms with E-state index in [0.717, 1.165) is 38.8 Å². The number of piperidine rings is 1. The van der Waals surface area contributed by atoms with Gasteiger partial charge in [0.2, 0.25) is 5.91 Å². The van der Waals surface area contributed by atoms with Crippen LogP contribution in [0.3, 0.4) is 0 Å². The molecule has 3 N–H and O–H groups in total. The number of nitrogens with one attached hydrogen (secondary N) is 3. The molecule has 166 valence electrons. The Balaban J connectivity index is 1.35.